The molecule has 1 N–H and O–H groups in total. The Kier molecular flexibility index (Phi) is 3.58. The third kappa shape index (κ3) is 2.23. The van der Waals surface area contributed by atoms with E-state index in [9.17, 15) is 5.11 Å². The highest BCUT2D eigenvalue weighted by atomic mass is 35.5. The molecule has 4 rings (SSSR count). The van der Waals surface area contributed by atoms with E-state index < -0.39 is 5.60 Å². The molecule has 24 heavy (non-hydrogen) atoms. The van der Waals surface area contributed by atoms with Crippen molar-refractivity contribution in [3.63, 3.8) is 0 Å². The molecule has 0 fully saturated rings. The van der Waals surface area contributed by atoms with Gasteiger partial charge in [-0.1, -0.05) is 19.9 Å². The van der Waals surface area contributed by atoms with Gasteiger partial charge in [-0.2, -0.15) is 4.98 Å². The van der Waals surface area contributed by atoms with E-state index in [1.807, 2.05) is 17.6 Å². The molecule has 1 aliphatic carbocycles. The normalized spacial score (nSPS) is 19.8. The van der Waals surface area contributed by atoms with Gasteiger partial charge in [-0.25, -0.2) is 9.97 Å². The van der Waals surface area contributed by atoms with Crippen molar-refractivity contribution in [1.82, 2.24) is 19.5 Å². The number of aryl methyl sites for hydroxylation is 2. The minimum Gasteiger partial charge on any atom is -0.384 e. The van der Waals surface area contributed by atoms with Crippen LogP contribution in [0.2, 0.25) is 5.28 Å². The SMILES string of the molecule is CCc1cc2cnc(Cl)nc2n1-c1ccc2c(n1)C(O)(CC)CC2. The van der Waals surface area contributed by atoms with Gasteiger partial charge in [-0.05, 0) is 55.0 Å². The Labute approximate surface area is 145 Å². The maximum atomic E-state index is 10.8. The molecule has 1 atom stereocenters. The summed E-state index contributed by atoms with van der Waals surface area (Å²) in [7, 11) is 0. The fourth-order valence-electron chi connectivity index (χ4n) is 3.55. The quantitative estimate of drug-likeness (QED) is 0.739. The summed E-state index contributed by atoms with van der Waals surface area (Å²) in [5, 5.41) is 12.0. The molecule has 3 heterocycles. The predicted octanol–water partition coefficient (Wildman–Crippen LogP) is 3.58. The smallest absolute Gasteiger partial charge is 0.224 e. The van der Waals surface area contributed by atoms with Gasteiger partial charge in [0.25, 0.3) is 0 Å². The van der Waals surface area contributed by atoms with Crippen molar-refractivity contribution in [2.24, 2.45) is 0 Å². The Bertz CT molecular complexity index is 936. The van der Waals surface area contributed by atoms with Gasteiger partial charge in [0.05, 0.1) is 5.69 Å². The number of hydrogen-bond acceptors (Lipinski definition) is 4. The molecule has 0 aliphatic heterocycles. The van der Waals surface area contributed by atoms with Crippen LogP contribution in [0.25, 0.3) is 16.9 Å². The number of nitrogens with zero attached hydrogens (tertiary/aromatic N) is 4. The second-order valence-electron chi connectivity index (χ2n) is 6.30. The molecule has 1 aliphatic rings. The van der Waals surface area contributed by atoms with Crippen LogP contribution in [0.5, 0.6) is 0 Å². The van der Waals surface area contributed by atoms with Crippen LogP contribution < -0.4 is 0 Å². The fourth-order valence-corrected chi connectivity index (χ4v) is 3.68. The molecule has 0 bridgehead atoms. The van der Waals surface area contributed by atoms with Crippen molar-refractivity contribution in [3.8, 4) is 5.82 Å². The first-order valence-electron chi connectivity index (χ1n) is 8.31. The average molecular weight is 343 g/mol. The van der Waals surface area contributed by atoms with Crippen molar-refractivity contribution in [2.45, 2.75) is 45.1 Å². The van der Waals surface area contributed by atoms with E-state index in [-0.39, 0.29) is 5.28 Å². The average Bonchev–Trinajstić information content (AvgIpc) is 3.13. The zero-order valence-electron chi connectivity index (χ0n) is 13.8. The van der Waals surface area contributed by atoms with Crippen LogP contribution in [-0.2, 0) is 18.4 Å². The first kappa shape index (κ1) is 15.5. The molecule has 3 aromatic heterocycles. The molecule has 3 aromatic rings. The van der Waals surface area contributed by atoms with E-state index in [2.05, 4.69) is 29.0 Å². The summed E-state index contributed by atoms with van der Waals surface area (Å²) < 4.78 is 2.01. The monoisotopic (exact) mass is 342 g/mol. The lowest BCUT2D eigenvalue weighted by Gasteiger charge is -2.21. The highest BCUT2D eigenvalue weighted by molar-refractivity contribution is 6.28. The van der Waals surface area contributed by atoms with Gasteiger partial charge < -0.3 is 5.11 Å². The minimum atomic E-state index is -0.826. The summed E-state index contributed by atoms with van der Waals surface area (Å²) in [6.07, 6.45) is 4.84. The Morgan fingerprint density at radius 2 is 2.12 bits per heavy atom. The number of rotatable bonds is 3. The van der Waals surface area contributed by atoms with Crippen LogP contribution in [0, 0.1) is 0 Å². The number of aliphatic hydroxyl groups is 1. The summed E-state index contributed by atoms with van der Waals surface area (Å²) in [6, 6.07) is 6.13. The van der Waals surface area contributed by atoms with Gasteiger partial charge in [-0.3, -0.25) is 4.57 Å². The van der Waals surface area contributed by atoms with Crippen LogP contribution in [0.4, 0.5) is 0 Å². The maximum Gasteiger partial charge on any atom is 0.224 e. The van der Waals surface area contributed by atoms with E-state index >= 15 is 0 Å². The van der Waals surface area contributed by atoms with Gasteiger partial charge in [0.2, 0.25) is 5.28 Å². The van der Waals surface area contributed by atoms with Gasteiger partial charge >= 0.3 is 0 Å². The van der Waals surface area contributed by atoms with E-state index in [0.717, 1.165) is 53.1 Å². The second kappa shape index (κ2) is 5.53. The zero-order valence-corrected chi connectivity index (χ0v) is 14.5. The molecular weight excluding hydrogens is 324 g/mol. The lowest BCUT2D eigenvalue weighted by molar-refractivity contribution is 0.0306. The summed E-state index contributed by atoms with van der Waals surface area (Å²) in [5.41, 5.74) is 2.94. The second-order valence-corrected chi connectivity index (χ2v) is 6.64. The fraction of sp³-hybridized carbons (Fsp3) is 0.389. The standard InChI is InChI=1S/C18H19ClN4O/c1-3-13-9-12-10-20-17(19)22-16(12)23(13)14-6-5-11-7-8-18(24,4-2)15(11)21-14/h5-6,9-10,24H,3-4,7-8H2,1-2H3. The first-order valence-corrected chi connectivity index (χ1v) is 8.69. The number of fused-ring (bicyclic) bond motifs is 2. The van der Waals surface area contributed by atoms with E-state index in [1.54, 1.807) is 6.20 Å². The largest absolute Gasteiger partial charge is 0.384 e. The van der Waals surface area contributed by atoms with Crippen molar-refractivity contribution < 1.29 is 5.11 Å². The van der Waals surface area contributed by atoms with Crippen LogP contribution in [-0.4, -0.2) is 24.6 Å². The number of pyridine rings is 1. The van der Waals surface area contributed by atoms with E-state index in [1.165, 1.54) is 0 Å². The highest BCUT2D eigenvalue weighted by Gasteiger charge is 2.37. The summed E-state index contributed by atoms with van der Waals surface area (Å²) >= 11 is 6.00. The molecule has 0 saturated carbocycles. The Morgan fingerprint density at radius 1 is 1.29 bits per heavy atom. The minimum absolute atomic E-state index is 0.218. The molecule has 0 spiro atoms. The Hall–Kier alpha value is -1.98. The van der Waals surface area contributed by atoms with Gasteiger partial charge in [0, 0.05) is 17.3 Å². The molecule has 1 unspecified atom stereocenters. The Morgan fingerprint density at radius 3 is 2.88 bits per heavy atom. The lowest BCUT2D eigenvalue weighted by atomic mass is 9.98. The molecule has 6 heteroatoms. The summed E-state index contributed by atoms with van der Waals surface area (Å²) in [6.45, 7) is 4.09. The maximum absolute atomic E-state index is 10.8. The van der Waals surface area contributed by atoms with Crippen molar-refractivity contribution in [2.75, 3.05) is 0 Å². The molecule has 0 saturated heterocycles. The predicted molar refractivity (Wildman–Crippen MR) is 93.6 cm³/mol. The Balaban J connectivity index is 1.96. The van der Waals surface area contributed by atoms with E-state index in [4.69, 9.17) is 16.6 Å². The molecule has 124 valence electrons. The first-order chi connectivity index (χ1) is 11.6. The third-order valence-corrected chi connectivity index (χ3v) is 5.16. The van der Waals surface area contributed by atoms with Crippen LogP contribution in [0.15, 0.2) is 24.4 Å². The third-order valence-electron chi connectivity index (χ3n) is 4.98. The molecule has 5 nitrogen and oxygen atoms in total. The van der Waals surface area contributed by atoms with Gasteiger partial charge in [-0.15, -0.1) is 0 Å². The summed E-state index contributed by atoms with van der Waals surface area (Å²) in [4.78, 5) is 13.3. The van der Waals surface area contributed by atoms with Crippen molar-refractivity contribution >= 4 is 22.6 Å². The number of halogens is 1. The molecule has 0 radical (unpaired) electrons. The molecular formula is C18H19ClN4O. The molecule has 0 aromatic carbocycles. The highest BCUT2D eigenvalue weighted by Crippen LogP contribution is 2.38. The van der Waals surface area contributed by atoms with E-state index in [0.29, 0.717) is 6.42 Å². The lowest BCUT2D eigenvalue weighted by Crippen LogP contribution is -2.22. The number of aromatic nitrogens is 4. The number of hydrogen-bond donors (Lipinski definition) is 1. The van der Waals surface area contributed by atoms with Crippen LogP contribution in [0.3, 0.4) is 0 Å². The van der Waals surface area contributed by atoms with Crippen molar-refractivity contribution in [1.29, 1.82) is 0 Å². The van der Waals surface area contributed by atoms with Gasteiger partial charge in [0.15, 0.2) is 5.65 Å². The van der Waals surface area contributed by atoms with Crippen molar-refractivity contribution in [3.05, 3.63) is 46.6 Å². The van der Waals surface area contributed by atoms with Gasteiger partial charge in [0.1, 0.15) is 11.4 Å². The van der Waals surface area contributed by atoms with Crippen LogP contribution in [0.1, 0.15) is 43.6 Å². The zero-order chi connectivity index (χ0) is 16.9. The topological polar surface area (TPSA) is 63.8 Å². The van der Waals surface area contributed by atoms with Crippen LogP contribution >= 0.6 is 11.6 Å². The summed E-state index contributed by atoms with van der Waals surface area (Å²) in [5.74, 6) is 0.768. The molecule has 0 amide bonds.